The van der Waals surface area contributed by atoms with Crippen LogP contribution in [0.1, 0.15) is 50.9 Å². The van der Waals surface area contributed by atoms with E-state index in [2.05, 4.69) is 62.4 Å². The average molecular weight is 292 g/mol. The molecule has 2 atom stereocenters. The highest BCUT2D eigenvalue weighted by atomic mass is 14.8. The Morgan fingerprint density at radius 1 is 0.636 bits per heavy atom. The van der Waals surface area contributed by atoms with Crippen LogP contribution in [0.25, 0.3) is 0 Å². The Morgan fingerprint density at radius 2 is 0.955 bits per heavy atom. The van der Waals surface area contributed by atoms with Gasteiger partial charge in [0.1, 0.15) is 0 Å². The molecule has 2 nitrogen and oxygen atoms in total. The highest BCUT2D eigenvalue weighted by molar-refractivity contribution is 6.40. The van der Waals surface area contributed by atoms with Gasteiger partial charge in [-0.2, -0.15) is 0 Å². The van der Waals surface area contributed by atoms with E-state index in [9.17, 15) is 0 Å². The van der Waals surface area contributed by atoms with Crippen molar-refractivity contribution in [2.45, 2.75) is 39.8 Å². The summed E-state index contributed by atoms with van der Waals surface area (Å²) >= 11 is 0. The predicted octanol–water partition coefficient (Wildman–Crippen LogP) is 5.43. The molecule has 114 valence electrons. The lowest BCUT2D eigenvalue weighted by Gasteiger charge is -2.11. The summed E-state index contributed by atoms with van der Waals surface area (Å²) in [6.07, 6.45) is 0. The zero-order valence-corrected chi connectivity index (χ0v) is 13.8. The van der Waals surface area contributed by atoms with Crippen LogP contribution in [0, 0.1) is 0 Å². The van der Waals surface area contributed by atoms with Crippen molar-refractivity contribution in [3.63, 3.8) is 0 Å². The first-order chi connectivity index (χ1) is 10.6. The molecule has 0 saturated heterocycles. The highest BCUT2D eigenvalue weighted by Gasteiger charge is 2.07. The maximum atomic E-state index is 4.78. The molecule has 0 bridgehead atoms. The number of hydrogen-bond acceptors (Lipinski definition) is 2. The van der Waals surface area contributed by atoms with E-state index in [1.807, 2.05) is 26.0 Å². The van der Waals surface area contributed by atoms with E-state index in [4.69, 9.17) is 9.98 Å². The molecule has 0 amide bonds. The third kappa shape index (κ3) is 4.39. The average Bonchev–Trinajstić information content (AvgIpc) is 2.56. The van der Waals surface area contributed by atoms with E-state index in [1.54, 1.807) is 0 Å². The Kier molecular flexibility index (Phi) is 5.65. The van der Waals surface area contributed by atoms with Gasteiger partial charge in [-0.25, -0.2) is 0 Å². The third-order valence-corrected chi connectivity index (χ3v) is 3.86. The molecule has 2 aromatic rings. The summed E-state index contributed by atoms with van der Waals surface area (Å²) in [7, 11) is 0. The third-order valence-electron chi connectivity index (χ3n) is 3.86. The van der Waals surface area contributed by atoms with Crippen LogP contribution < -0.4 is 0 Å². The first-order valence-corrected chi connectivity index (χ1v) is 7.77. The second-order valence-electron chi connectivity index (χ2n) is 5.60. The van der Waals surface area contributed by atoms with Crippen LogP contribution in [-0.2, 0) is 0 Å². The number of aliphatic imine (C=N–C) groups is 2. The molecule has 2 rings (SSSR count). The number of rotatable bonds is 5. The largest absolute Gasteiger partial charge is 0.280 e. The number of hydrogen-bond donors (Lipinski definition) is 0. The monoisotopic (exact) mass is 292 g/mol. The van der Waals surface area contributed by atoms with Crippen LogP contribution in [0.3, 0.4) is 0 Å². The lowest BCUT2D eigenvalue weighted by molar-refractivity contribution is 0.812. The molecule has 2 unspecified atom stereocenters. The SMILES string of the molecule is CC(=NC(C)c1ccccc1)C(C)=NC(C)c1ccccc1. The van der Waals surface area contributed by atoms with Gasteiger partial charge in [0.25, 0.3) is 0 Å². The summed E-state index contributed by atoms with van der Waals surface area (Å²) < 4.78 is 0. The fourth-order valence-corrected chi connectivity index (χ4v) is 2.38. The Morgan fingerprint density at radius 3 is 1.27 bits per heavy atom. The number of nitrogens with zero attached hydrogens (tertiary/aromatic N) is 2. The van der Waals surface area contributed by atoms with Crippen LogP contribution in [0.5, 0.6) is 0 Å². The summed E-state index contributed by atoms with van der Waals surface area (Å²) in [5, 5.41) is 0. The minimum absolute atomic E-state index is 0.151. The van der Waals surface area contributed by atoms with Gasteiger partial charge in [0.2, 0.25) is 0 Å². The van der Waals surface area contributed by atoms with E-state index in [0.29, 0.717) is 0 Å². The van der Waals surface area contributed by atoms with E-state index in [1.165, 1.54) is 11.1 Å². The summed E-state index contributed by atoms with van der Waals surface area (Å²) in [5.74, 6) is 0. The van der Waals surface area contributed by atoms with Crippen LogP contribution >= 0.6 is 0 Å². The van der Waals surface area contributed by atoms with Gasteiger partial charge >= 0.3 is 0 Å². The Balaban J connectivity index is 2.12. The van der Waals surface area contributed by atoms with Crippen molar-refractivity contribution < 1.29 is 0 Å². The summed E-state index contributed by atoms with van der Waals surface area (Å²) in [4.78, 5) is 9.56. The molecule has 0 aliphatic rings. The summed E-state index contributed by atoms with van der Waals surface area (Å²) in [6.45, 7) is 8.31. The van der Waals surface area contributed by atoms with E-state index < -0.39 is 0 Å². The maximum Gasteiger partial charge on any atom is 0.0724 e. The minimum Gasteiger partial charge on any atom is -0.280 e. The van der Waals surface area contributed by atoms with Crippen molar-refractivity contribution in [2.24, 2.45) is 9.98 Å². The molecule has 0 fully saturated rings. The van der Waals surface area contributed by atoms with Gasteiger partial charge in [-0.1, -0.05) is 60.7 Å². The van der Waals surface area contributed by atoms with E-state index in [0.717, 1.165) is 11.4 Å². The molecule has 0 aromatic heterocycles. The van der Waals surface area contributed by atoms with Crippen molar-refractivity contribution >= 4 is 11.4 Å². The molecule has 0 aliphatic heterocycles. The zero-order valence-electron chi connectivity index (χ0n) is 13.8. The van der Waals surface area contributed by atoms with Gasteiger partial charge in [-0.15, -0.1) is 0 Å². The van der Waals surface area contributed by atoms with Crippen LogP contribution in [0.4, 0.5) is 0 Å². The van der Waals surface area contributed by atoms with Gasteiger partial charge in [0.15, 0.2) is 0 Å². The molecule has 2 aromatic carbocycles. The van der Waals surface area contributed by atoms with Crippen molar-refractivity contribution in [2.75, 3.05) is 0 Å². The molecule has 0 radical (unpaired) electrons. The predicted molar refractivity (Wildman–Crippen MR) is 95.9 cm³/mol. The topological polar surface area (TPSA) is 24.7 Å². The summed E-state index contributed by atoms with van der Waals surface area (Å²) in [6, 6.07) is 21.0. The maximum absolute atomic E-state index is 4.78. The van der Waals surface area contributed by atoms with Gasteiger partial charge in [0, 0.05) is 0 Å². The fraction of sp³-hybridized carbons (Fsp3) is 0.300. The lowest BCUT2D eigenvalue weighted by Crippen LogP contribution is -2.09. The molecule has 0 spiro atoms. The second kappa shape index (κ2) is 7.69. The van der Waals surface area contributed by atoms with Crippen molar-refractivity contribution in [1.82, 2.24) is 0 Å². The Hall–Kier alpha value is -2.22. The first kappa shape index (κ1) is 16.2. The van der Waals surface area contributed by atoms with Crippen molar-refractivity contribution in [3.8, 4) is 0 Å². The zero-order chi connectivity index (χ0) is 15.9. The molecule has 0 heterocycles. The fourth-order valence-electron chi connectivity index (χ4n) is 2.38. The van der Waals surface area contributed by atoms with Crippen LogP contribution in [0.15, 0.2) is 70.6 Å². The molecule has 2 heteroatoms. The van der Waals surface area contributed by atoms with Crippen LogP contribution in [0.2, 0.25) is 0 Å². The van der Waals surface area contributed by atoms with Gasteiger partial charge in [-0.05, 0) is 38.8 Å². The number of benzene rings is 2. The van der Waals surface area contributed by atoms with E-state index >= 15 is 0 Å². The van der Waals surface area contributed by atoms with Crippen molar-refractivity contribution in [1.29, 1.82) is 0 Å². The Labute approximate surface area is 133 Å². The van der Waals surface area contributed by atoms with Gasteiger partial charge in [-0.3, -0.25) is 9.98 Å². The minimum atomic E-state index is 0.151. The quantitative estimate of drug-likeness (QED) is 0.656. The first-order valence-electron chi connectivity index (χ1n) is 7.77. The standard InChI is InChI=1S/C20H24N2/c1-15(21-17(3)19-11-7-5-8-12-19)16(2)22-18(4)20-13-9-6-10-14-20/h5-14,17-18H,1-4H3. The van der Waals surface area contributed by atoms with Gasteiger partial charge in [0.05, 0.1) is 23.5 Å². The molecule has 22 heavy (non-hydrogen) atoms. The Bertz CT molecular complexity index is 582. The van der Waals surface area contributed by atoms with Gasteiger partial charge < -0.3 is 0 Å². The molecule has 0 aliphatic carbocycles. The second-order valence-corrected chi connectivity index (χ2v) is 5.60. The molecular weight excluding hydrogens is 268 g/mol. The van der Waals surface area contributed by atoms with Crippen molar-refractivity contribution in [3.05, 3.63) is 71.8 Å². The van der Waals surface area contributed by atoms with Crippen LogP contribution in [-0.4, -0.2) is 11.4 Å². The normalized spacial score (nSPS) is 15.5. The lowest BCUT2D eigenvalue weighted by atomic mass is 10.1. The highest BCUT2D eigenvalue weighted by Crippen LogP contribution is 2.18. The summed E-state index contributed by atoms with van der Waals surface area (Å²) in [5.41, 5.74) is 4.45. The molecular formula is C20H24N2. The molecule has 0 N–H and O–H groups in total. The smallest absolute Gasteiger partial charge is 0.0724 e. The molecule has 0 saturated carbocycles. The van der Waals surface area contributed by atoms with E-state index in [-0.39, 0.29) is 12.1 Å².